The number of sulfonamides is 1. The Hall–Kier alpha value is -0.880. The van der Waals surface area contributed by atoms with Gasteiger partial charge in [-0.05, 0) is 19.3 Å². The van der Waals surface area contributed by atoms with Gasteiger partial charge in [-0.1, -0.05) is 13.8 Å². The van der Waals surface area contributed by atoms with E-state index in [9.17, 15) is 8.42 Å². The van der Waals surface area contributed by atoms with Crippen molar-refractivity contribution in [2.45, 2.75) is 32.1 Å². The van der Waals surface area contributed by atoms with E-state index in [1.807, 2.05) is 0 Å². The lowest BCUT2D eigenvalue weighted by Gasteiger charge is -2.17. The number of nitrogens with zero attached hydrogens (tertiary/aromatic N) is 2. The van der Waals surface area contributed by atoms with E-state index >= 15 is 0 Å². The Labute approximate surface area is 96.9 Å². The first kappa shape index (κ1) is 13.2. The molecule has 0 fully saturated rings. The highest BCUT2D eigenvalue weighted by molar-refractivity contribution is 7.89. The fourth-order valence-corrected chi connectivity index (χ4v) is 2.63. The minimum atomic E-state index is -3.38. The molecule has 0 unspecified atom stereocenters. The van der Waals surface area contributed by atoms with E-state index in [1.165, 1.54) is 10.5 Å². The van der Waals surface area contributed by atoms with Crippen molar-refractivity contribution in [1.29, 1.82) is 0 Å². The van der Waals surface area contributed by atoms with Crippen LogP contribution in [0.15, 0.2) is 11.1 Å². The molecule has 1 rings (SSSR count). The summed E-state index contributed by atoms with van der Waals surface area (Å²) in [4.78, 5) is 0.263. The zero-order valence-corrected chi connectivity index (χ0v) is 11.0. The van der Waals surface area contributed by atoms with Crippen LogP contribution in [-0.4, -0.2) is 36.5 Å². The molecule has 0 bridgehead atoms. The van der Waals surface area contributed by atoms with E-state index in [0.717, 1.165) is 6.42 Å². The molecule has 5 nitrogen and oxygen atoms in total. The fraction of sp³-hybridized carbons (Fsp3) is 0.700. The molecule has 1 aromatic rings. The first-order valence-corrected chi connectivity index (χ1v) is 6.76. The van der Waals surface area contributed by atoms with Gasteiger partial charge in [-0.3, -0.25) is 5.10 Å². The van der Waals surface area contributed by atoms with Crippen molar-refractivity contribution >= 4 is 10.0 Å². The molecule has 0 saturated carbocycles. The van der Waals surface area contributed by atoms with Gasteiger partial charge in [0.1, 0.15) is 4.90 Å². The second kappa shape index (κ2) is 4.97. The van der Waals surface area contributed by atoms with Crippen LogP contribution in [0.5, 0.6) is 0 Å². The van der Waals surface area contributed by atoms with Gasteiger partial charge in [0.25, 0.3) is 0 Å². The Kier molecular flexibility index (Phi) is 4.09. The molecule has 1 heterocycles. The monoisotopic (exact) mass is 245 g/mol. The van der Waals surface area contributed by atoms with Gasteiger partial charge < -0.3 is 0 Å². The van der Waals surface area contributed by atoms with Crippen molar-refractivity contribution in [3.63, 3.8) is 0 Å². The minimum absolute atomic E-state index is 0.263. The van der Waals surface area contributed by atoms with Gasteiger partial charge in [0, 0.05) is 13.6 Å². The molecule has 92 valence electrons. The molecule has 0 saturated heterocycles. The molecule has 0 spiro atoms. The minimum Gasteiger partial charge on any atom is -0.281 e. The van der Waals surface area contributed by atoms with Crippen molar-refractivity contribution in [3.05, 3.63) is 11.9 Å². The summed E-state index contributed by atoms with van der Waals surface area (Å²) < 4.78 is 25.6. The van der Waals surface area contributed by atoms with Crippen LogP contribution in [0.3, 0.4) is 0 Å². The summed E-state index contributed by atoms with van der Waals surface area (Å²) in [5.74, 6) is 0.489. The highest BCUT2D eigenvalue weighted by Crippen LogP contribution is 2.17. The molecule has 0 aliphatic heterocycles. The maximum Gasteiger partial charge on any atom is 0.246 e. The van der Waals surface area contributed by atoms with Crippen molar-refractivity contribution in [2.75, 3.05) is 13.6 Å². The van der Waals surface area contributed by atoms with Gasteiger partial charge in [-0.2, -0.15) is 5.10 Å². The first-order chi connectivity index (χ1) is 7.35. The predicted molar refractivity (Wildman–Crippen MR) is 62.6 cm³/mol. The molecule has 1 N–H and O–H groups in total. The molecule has 0 radical (unpaired) electrons. The van der Waals surface area contributed by atoms with E-state index in [-0.39, 0.29) is 4.90 Å². The maximum absolute atomic E-state index is 12.1. The summed E-state index contributed by atoms with van der Waals surface area (Å²) in [5, 5.41) is 6.37. The SMILES string of the molecule is Cc1[nH]ncc1S(=O)(=O)N(C)CCC(C)C. The smallest absolute Gasteiger partial charge is 0.246 e. The third kappa shape index (κ3) is 2.82. The standard InChI is InChI=1S/C10H19N3O2S/c1-8(2)5-6-13(4)16(14,15)10-7-11-12-9(10)3/h7-8H,5-6H2,1-4H3,(H,11,12). The largest absolute Gasteiger partial charge is 0.281 e. The molecular formula is C10H19N3O2S. The highest BCUT2D eigenvalue weighted by Gasteiger charge is 2.23. The van der Waals surface area contributed by atoms with E-state index in [1.54, 1.807) is 14.0 Å². The third-order valence-corrected chi connectivity index (χ3v) is 4.46. The zero-order valence-electron chi connectivity index (χ0n) is 10.2. The topological polar surface area (TPSA) is 66.1 Å². The van der Waals surface area contributed by atoms with Crippen molar-refractivity contribution < 1.29 is 8.42 Å². The quantitative estimate of drug-likeness (QED) is 0.852. The summed E-state index contributed by atoms with van der Waals surface area (Å²) in [6.07, 6.45) is 2.21. The fourth-order valence-electron chi connectivity index (χ4n) is 1.33. The Morgan fingerprint density at radius 2 is 2.12 bits per heavy atom. The highest BCUT2D eigenvalue weighted by atomic mass is 32.2. The summed E-state index contributed by atoms with van der Waals surface area (Å²) in [6.45, 7) is 6.38. The number of H-pyrrole nitrogens is 1. The van der Waals surface area contributed by atoms with Gasteiger partial charge in [0.2, 0.25) is 10.0 Å². The molecule has 0 aliphatic carbocycles. The molecule has 6 heteroatoms. The first-order valence-electron chi connectivity index (χ1n) is 5.32. The van der Waals surface area contributed by atoms with E-state index in [0.29, 0.717) is 18.2 Å². The molecule has 0 atom stereocenters. The molecule has 0 aromatic carbocycles. The summed E-state index contributed by atoms with van der Waals surface area (Å²) in [6, 6.07) is 0. The summed E-state index contributed by atoms with van der Waals surface area (Å²) in [5.41, 5.74) is 0.580. The van der Waals surface area contributed by atoms with Crippen LogP contribution in [0, 0.1) is 12.8 Å². The molecule has 1 aromatic heterocycles. The van der Waals surface area contributed by atoms with Gasteiger partial charge >= 0.3 is 0 Å². The molecule has 0 aliphatic rings. The van der Waals surface area contributed by atoms with E-state index in [2.05, 4.69) is 24.0 Å². The number of rotatable bonds is 5. The van der Waals surface area contributed by atoms with Gasteiger partial charge in [0.05, 0.1) is 11.9 Å². The molecule has 16 heavy (non-hydrogen) atoms. The maximum atomic E-state index is 12.1. The van der Waals surface area contributed by atoms with Crippen LogP contribution in [0.25, 0.3) is 0 Å². The van der Waals surface area contributed by atoms with E-state index < -0.39 is 10.0 Å². The van der Waals surface area contributed by atoms with Crippen molar-refractivity contribution in [1.82, 2.24) is 14.5 Å². The van der Waals surface area contributed by atoms with Gasteiger partial charge in [-0.25, -0.2) is 12.7 Å². The lowest BCUT2D eigenvalue weighted by molar-refractivity contribution is 0.428. The van der Waals surface area contributed by atoms with Crippen molar-refractivity contribution in [2.24, 2.45) is 5.92 Å². The molecule has 0 amide bonds. The number of aromatic amines is 1. The molecular weight excluding hydrogens is 226 g/mol. The second-order valence-electron chi connectivity index (χ2n) is 4.37. The number of hydrogen-bond donors (Lipinski definition) is 1. The number of aryl methyl sites for hydroxylation is 1. The Morgan fingerprint density at radius 3 is 2.56 bits per heavy atom. The van der Waals surface area contributed by atoms with Crippen LogP contribution >= 0.6 is 0 Å². The lowest BCUT2D eigenvalue weighted by Crippen LogP contribution is -2.28. The summed E-state index contributed by atoms with van der Waals surface area (Å²) in [7, 11) is -1.78. The van der Waals surface area contributed by atoms with Crippen LogP contribution in [0.4, 0.5) is 0 Å². The third-order valence-electron chi connectivity index (χ3n) is 2.49. The van der Waals surface area contributed by atoms with Gasteiger partial charge in [-0.15, -0.1) is 0 Å². The average molecular weight is 245 g/mol. The lowest BCUT2D eigenvalue weighted by atomic mass is 10.1. The van der Waals surface area contributed by atoms with E-state index in [4.69, 9.17) is 0 Å². The number of nitrogens with one attached hydrogen (secondary N) is 1. The van der Waals surface area contributed by atoms with Crippen LogP contribution in [0.2, 0.25) is 0 Å². The van der Waals surface area contributed by atoms with Crippen molar-refractivity contribution in [3.8, 4) is 0 Å². The van der Waals surface area contributed by atoms with Crippen LogP contribution in [0.1, 0.15) is 26.0 Å². The Morgan fingerprint density at radius 1 is 1.50 bits per heavy atom. The second-order valence-corrected chi connectivity index (χ2v) is 6.38. The normalized spacial score (nSPS) is 12.6. The Bertz CT molecular complexity index is 437. The predicted octanol–water partition coefficient (Wildman–Crippen LogP) is 1.38. The number of hydrogen-bond acceptors (Lipinski definition) is 3. The average Bonchev–Trinajstić information content (AvgIpc) is 2.61. The zero-order chi connectivity index (χ0) is 12.3. The van der Waals surface area contributed by atoms with Crippen LogP contribution < -0.4 is 0 Å². The number of aromatic nitrogens is 2. The van der Waals surface area contributed by atoms with Crippen LogP contribution in [-0.2, 0) is 10.0 Å². The summed E-state index contributed by atoms with van der Waals surface area (Å²) >= 11 is 0. The Balaban J connectivity index is 2.83. The van der Waals surface area contributed by atoms with Gasteiger partial charge in [0.15, 0.2) is 0 Å².